The summed E-state index contributed by atoms with van der Waals surface area (Å²) in [4.78, 5) is 26.2. The molecule has 1 fully saturated rings. The molecule has 0 saturated carbocycles. The number of nitrogens with zero attached hydrogens (tertiary/aromatic N) is 4. The lowest BCUT2D eigenvalue weighted by Gasteiger charge is -2.35. The van der Waals surface area contributed by atoms with Gasteiger partial charge in [-0.25, -0.2) is 18.6 Å². The molecule has 0 bridgehead atoms. The molecule has 2 aliphatic rings. The van der Waals surface area contributed by atoms with Crippen molar-refractivity contribution in [1.29, 1.82) is 0 Å². The molecule has 1 N–H and O–H groups in total. The molecule has 2 aromatic heterocycles. The summed E-state index contributed by atoms with van der Waals surface area (Å²) in [6, 6.07) is 2.61. The van der Waals surface area contributed by atoms with E-state index in [9.17, 15) is 4.79 Å². The lowest BCUT2D eigenvalue weighted by atomic mass is 9.92. The Morgan fingerprint density at radius 2 is 1.71 bits per heavy atom. The van der Waals surface area contributed by atoms with E-state index >= 15 is 8.78 Å². The van der Waals surface area contributed by atoms with Crippen molar-refractivity contribution in [2.24, 2.45) is 5.92 Å². The number of pyridine rings is 1. The molecule has 35 heavy (non-hydrogen) atoms. The number of amides is 2. The molecule has 1 saturated heterocycles. The average molecular weight is 486 g/mol. The van der Waals surface area contributed by atoms with Crippen LogP contribution in [-0.4, -0.2) is 62.3 Å². The van der Waals surface area contributed by atoms with Crippen molar-refractivity contribution in [2.75, 3.05) is 51.2 Å². The van der Waals surface area contributed by atoms with Crippen LogP contribution in [0.3, 0.4) is 0 Å². The first kappa shape index (κ1) is 23.3. The molecule has 5 rings (SSSR count). The van der Waals surface area contributed by atoms with Gasteiger partial charge in [0.2, 0.25) is 0 Å². The fourth-order valence-corrected chi connectivity index (χ4v) is 5.15. The van der Waals surface area contributed by atoms with E-state index in [1.807, 2.05) is 0 Å². The molecule has 2 aliphatic heterocycles. The van der Waals surface area contributed by atoms with Gasteiger partial charge in [0, 0.05) is 36.0 Å². The Morgan fingerprint density at radius 1 is 1.06 bits per heavy atom. The number of halogens is 2. The molecule has 186 valence electrons. The fraction of sp³-hybridized carbons (Fsp3) is 0.440. The maximum absolute atomic E-state index is 15.2. The van der Waals surface area contributed by atoms with Crippen LogP contribution in [0.15, 0.2) is 18.3 Å². The molecule has 0 atom stereocenters. The van der Waals surface area contributed by atoms with Crippen LogP contribution in [-0.2, 0) is 13.0 Å². The predicted molar refractivity (Wildman–Crippen MR) is 129 cm³/mol. The van der Waals surface area contributed by atoms with E-state index in [-0.39, 0.29) is 18.0 Å². The third-order valence-electron chi connectivity index (χ3n) is 7.11. The van der Waals surface area contributed by atoms with Gasteiger partial charge in [-0.1, -0.05) is 0 Å². The molecule has 0 radical (unpaired) electrons. The summed E-state index contributed by atoms with van der Waals surface area (Å²) in [5, 5.41) is 0.824. The van der Waals surface area contributed by atoms with Crippen LogP contribution in [0.5, 0.6) is 11.5 Å². The summed E-state index contributed by atoms with van der Waals surface area (Å²) >= 11 is 0. The highest BCUT2D eigenvalue weighted by molar-refractivity contribution is 6.11. The molecule has 4 heterocycles. The van der Waals surface area contributed by atoms with Gasteiger partial charge in [0.25, 0.3) is 0 Å². The Balaban J connectivity index is 1.51. The highest BCUT2D eigenvalue weighted by atomic mass is 19.1. The summed E-state index contributed by atoms with van der Waals surface area (Å²) in [5.41, 5.74) is 2.64. The first-order valence-corrected chi connectivity index (χ1v) is 11.7. The van der Waals surface area contributed by atoms with Crippen LogP contribution >= 0.6 is 0 Å². The Kier molecular flexibility index (Phi) is 6.00. The Hall–Kier alpha value is -3.40. The van der Waals surface area contributed by atoms with E-state index in [1.165, 1.54) is 19.1 Å². The largest absolute Gasteiger partial charge is 0.493 e. The molecule has 10 heteroatoms. The van der Waals surface area contributed by atoms with E-state index in [1.54, 1.807) is 13.2 Å². The highest BCUT2D eigenvalue weighted by Gasteiger charge is 2.36. The number of urea groups is 1. The summed E-state index contributed by atoms with van der Waals surface area (Å²) in [7, 11) is 6.29. The van der Waals surface area contributed by atoms with Gasteiger partial charge in [0.15, 0.2) is 23.1 Å². The van der Waals surface area contributed by atoms with Crippen molar-refractivity contribution in [1.82, 2.24) is 14.9 Å². The number of aromatic nitrogens is 2. The van der Waals surface area contributed by atoms with Crippen LogP contribution < -0.4 is 19.3 Å². The van der Waals surface area contributed by atoms with E-state index in [0.29, 0.717) is 22.8 Å². The molecular weight excluding hydrogens is 456 g/mol. The van der Waals surface area contributed by atoms with E-state index in [4.69, 9.17) is 9.47 Å². The summed E-state index contributed by atoms with van der Waals surface area (Å²) in [6.45, 7) is 2.14. The number of carbonyl (C=O) groups excluding carboxylic acids is 1. The smallest absolute Gasteiger partial charge is 0.329 e. The van der Waals surface area contributed by atoms with Gasteiger partial charge >= 0.3 is 6.03 Å². The van der Waals surface area contributed by atoms with E-state index < -0.39 is 23.4 Å². The maximum Gasteiger partial charge on any atom is 0.329 e. The second kappa shape index (κ2) is 8.99. The minimum absolute atomic E-state index is 0.0406. The van der Waals surface area contributed by atoms with Crippen molar-refractivity contribution >= 4 is 28.4 Å². The standard InChI is InChI=1S/C25H29F2N5O3/c1-30-7-5-14(6-8-30)9-16-10-17-22-15(12-28-24(17)29-16)13-32(25(33)31(22)2)23-20(26)18(34-3)11-19(35-4)21(23)27/h10-12,14H,5-9,13H2,1-4H3,(H,28,29). The Morgan fingerprint density at radius 3 is 2.34 bits per heavy atom. The maximum atomic E-state index is 15.2. The second-order valence-electron chi connectivity index (χ2n) is 9.33. The van der Waals surface area contributed by atoms with Gasteiger partial charge in [-0.15, -0.1) is 0 Å². The molecule has 0 unspecified atom stereocenters. The first-order chi connectivity index (χ1) is 16.8. The number of nitrogens with one attached hydrogen (secondary N) is 1. The number of rotatable bonds is 5. The van der Waals surface area contributed by atoms with E-state index in [2.05, 4.69) is 28.0 Å². The minimum Gasteiger partial charge on any atom is -0.493 e. The van der Waals surface area contributed by atoms with Crippen LogP contribution in [0.1, 0.15) is 24.1 Å². The van der Waals surface area contributed by atoms with Crippen molar-refractivity contribution in [3.8, 4) is 11.5 Å². The fourth-order valence-electron chi connectivity index (χ4n) is 5.15. The average Bonchev–Trinajstić information content (AvgIpc) is 3.26. The number of aromatic amines is 1. The molecule has 0 aliphatic carbocycles. The number of anilines is 2. The van der Waals surface area contributed by atoms with Crippen molar-refractivity contribution < 1.29 is 23.0 Å². The van der Waals surface area contributed by atoms with Gasteiger partial charge in [-0.2, -0.15) is 0 Å². The number of likely N-dealkylation sites (tertiary alicyclic amines) is 1. The number of hydrogen-bond acceptors (Lipinski definition) is 5. The topological polar surface area (TPSA) is 73.9 Å². The number of hydrogen-bond donors (Lipinski definition) is 1. The summed E-state index contributed by atoms with van der Waals surface area (Å²) in [5.74, 6) is -1.76. The molecule has 1 aromatic carbocycles. The number of ether oxygens (including phenoxy) is 2. The predicted octanol–water partition coefficient (Wildman–Crippen LogP) is 4.32. The van der Waals surface area contributed by atoms with E-state index in [0.717, 1.165) is 54.4 Å². The lowest BCUT2D eigenvalue weighted by molar-refractivity contribution is 0.218. The molecule has 2 amide bonds. The van der Waals surface area contributed by atoms with Crippen molar-refractivity contribution in [3.63, 3.8) is 0 Å². The zero-order valence-corrected chi connectivity index (χ0v) is 20.3. The molecular formula is C25H29F2N5O3. The minimum atomic E-state index is -0.966. The third kappa shape index (κ3) is 3.95. The van der Waals surface area contributed by atoms with Crippen molar-refractivity contribution in [2.45, 2.75) is 25.8 Å². The van der Waals surface area contributed by atoms with Gasteiger partial charge in [-0.3, -0.25) is 9.80 Å². The monoisotopic (exact) mass is 485 g/mol. The summed E-state index contributed by atoms with van der Waals surface area (Å²) in [6.07, 6.45) is 4.86. The number of piperidine rings is 1. The quantitative estimate of drug-likeness (QED) is 0.583. The molecule has 8 nitrogen and oxygen atoms in total. The van der Waals surface area contributed by atoms with Crippen LogP contribution in [0.4, 0.5) is 25.0 Å². The number of benzene rings is 1. The number of carbonyl (C=O) groups is 1. The Bertz CT molecular complexity index is 1260. The lowest BCUT2D eigenvalue weighted by Crippen LogP contribution is -2.46. The number of methoxy groups -OCH3 is 2. The van der Waals surface area contributed by atoms with Gasteiger partial charge < -0.3 is 19.4 Å². The number of fused-ring (bicyclic) bond motifs is 3. The molecule has 0 spiro atoms. The van der Waals surface area contributed by atoms with Crippen LogP contribution in [0.2, 0.25) is 0 Å². The number of H-pyrrole nitrogens is 1. The zero-order valence-electron chi connectivity index (χ0n) is 20.3. The van der Waals surface area contributed by atoms with Gasteiger partial charge in [-0.05, 0) is 51.4 Å². The Labute approximate surface area is 202 Å². The second-order valence-corrected chi connectivity index (χ2v) is 9.33. The molecule has 3 aromatic rings. The third-order valence-corrected chi connectivity index (χ3v) is 7.11. The van der Waals surface area contributed by atoms with Crippen LogP contribution in [0.25, 0.3) is 11.0 Å². The highest BCUT2D eigenvalue weighted by Crippen LogP contribution is 2.42. The zero-order chi connectivity index (χ0) is 24.9. The summed E-state index contributed by atoms with van der Waals surface area (Å²) < 4.78 is 40.4. The normalized spacial score (nSPS) is 17.3. The first-order valence-electron chi connectivity index (χ1n) is 11.7. The van der Waals surface area contributed by atoms with Crippen molar-refractivity contribution in [3.05, 3.63) is 41.2 Å². The SMILES string of the molecule is COc1cc(OC)c(F)c(N2Cc3cnc4[nH]c(CC5CCN(C)CC5)cc4c3N(C)C2=O)c1F. The van der Waals surface area contributed by atoms with Gasteiger partial charge in [0.05, 0.1) is 26.5 Å². The van der Waals surface area contributed by atoms with Gasteiger partial charge in [0.1, 0.15) is 11.3 Å². The van der Waals surface area contributed by atoms with Crippen LogP contribution in [0, 0.1) is 17.6 Å².